The van der Waals surface area contributed by atoms with E-state index in [0.717, 1.165) is 12.8 Å². The Balaban J connectivity index is 0.000000853. The number of hydrogen-bond donors (Lipinski definition) is 1. The van der Waals surface area contributed by atoms with E-state index in [2.05, 4.69) is 29.2 Å². The highest BCUT2D eigenvalue weighted by atomic mass is 35.5. The summed E-state index contributed by atoms with van der Waals surface area (Å²) in [6.45, 7) is 0. The van der Waals surface area contributed by atoms with Crippen molar-refractivity contribution in [2.24, 2.45) is 0 Å². The minimum atomic E-state index is 0. The Hall–Kier alpha value is -1.06. The Bertz CT molecular complexity index is 493. The monoisotopic (exact) mass is 238 g/mol. The molecule has 1 aromatic carbocycles. The Morgan fingerprint density at radius 1 is 1.20 bits per heavy atom. The second kappa shape index (κ2) is 3.83. The van der Waals surface area contributed by atoms with Crippen molar-refractivity contribution in [3.05, 3.63) is 35.5 Å². The predicted molar refractivity (Wildman–Crippen MR) is 66.6 cm³/mol. The van der Waals surface area contributed by atoms with Gasteiger partial charge in [-0.15, -0.1) is 12.4 Å². The zero-order valence-electron chi connectivity index (χ0n) is 8.06. The van der Waals surface area contributed by atoms with Crippen molar-refractivity contribution in [3.8, 4) is 10.4 Å². The van der Waals surface area contributed by atoms with E-state index in [1.807, 2.05) is 0 Å². The number of anilines is 1. The average molecular weight is 239 g/mol. The van der Waals surface area contributed by atoms with E-state index in [0.29, 0.717) is 5.13 Å². The average Bonchev–Trinajstić information content (AvgIpc) is 2.59. The van der Waals surface area contributed by atoms with E-state index in [1.54, 1.807) is 11.3 Å². The minimum Gasteiger partial charge on any atom is -0.375 e. The molecule has 1 aliphatic carbocycles. The molecule has 78 valence electrons. The number of nitrogen functional groups attached to an aromatic ring is 1. The fraction of sp³-hybridized carbons (Fsp3) is 0.182. The molecule has 0 bridgehead atoms. The first-order chi connectivity index (χ1) is 6.84. The van der Waals surface area contributed by atoms with E-state index in [1.165, 1.54) is 21.7 Å². The molecular formula is C11H11ClN2S. The highest BCUT2D eigenvalue weighted by Gasteiger charge is 2.19. The number of fused-ring (bicyclic) bond motifs is 3. The molecule has 1 aliphatic rings. The van der Waals surface area contributed by atoms with Gasteiger partial charge >= 0.3 is 0 Å². The Morgan fingerprint density at radius 2 is 2.00 bits per heavy atom. The van der Waals surface area contributed by atoms with Gasteiger partial charge in [-0.3, -0.25) is 0 Å². The predicted octanol–water partition coefficient (Wildman–Crippen LogP) is 2.91. The van der Waals surface area contributed by atoms with Gasteiger partial charge in [0.15, 0.2) is 5.13 Å². The fourth-order valence-corrected chi connectivity index (χ4v) is 2.90. The number of nitrogens with zero attached hydrogens (tertiary/aromatic N) is 1. The van der Waals surface area contributed by atoms with Crippen LogP contribution in [0.2, 0.25) is 0 Å². The lowest BCUT2D eigenvalue weighted by molar-refractivity contribution is 0.912. The third kappa shape index (κ3) is 1.62. The SMILES string of the molecule is Cl.Nc1nc2c(s1)-c1ccccc1CC2. The number of thiazole rings is 1. The van der Waals surface area contributed by atoms with Gasteiger partial charge in [0.05, 0.1) is 10.6 Å². The Morgan fingerprint density at radius 3 is 2.87 bits per heavy atom. The van der Waals surface area contributed by atoms with Crippen LogP contribution in [-0.4, -0.2) is 4.98 Å². The molecule has 0 aliphatic heterocycles. The highest BCUT2D eigenvalue weighted by Crippen LogP contribution is 2.38. The van der Waals surface area contributed by atoms with Crippen LogP contribution in [0.3, 0.4) is 0 Å². The highest BCUT2D eigenvalue weighted by molar-refractivity contribution is 7.18. The van der Waals surface area contributed by atoms with Crippen LogP contribution in [0.25, 0.3) is 10.4 Å². The smallest absolute Gasteiger partial charge is 0.180 e. The van der Waals surface area contributed by atoms with Crippen molar-refractivity contribution in [1.82, 2.24) is 4.98 Å². The summed E-state index contributed by atoms with van der Waals surface area (Å²) in [7, 11) is 0. The van der Waals surface area contributed by atoms with Gasteiger partial charge in [-0.2, -0.15) is 0 Å². The van der Waals surface area contributed by atoms with E-state index in [9.17, 15) is 0 Å². The van der Waals surface area contributed by atoms with Crippen LogP contribution in [0, 0.1) is 0 Å². The molecule has 2 aromatic rings. The van der Waals surface area contributed by atoms with Gasteiger partial charge in [-0.25, -0.2) is 4.98 Å². The lowest BCUT2D eigenvalue weighted by atomic mass is 9.94. The molecule has 2 nitrogen and oxygen atoms in total. The summed E-state index contributed by atoms with van der Waals surface area (Å²) >= 11 is 1.60. The van der Waals surface area contributed by atoms with Crippen molar-refractivity contribution in [1.29, 1.82) is 0 Å². The van der Waals surface area contributed by atoms with Gasteiger partial charge in [-0.1, -0.05) is 35.6 Å². The molecule has 0 fully saturated rings. The number of hydrogen-bond acceptors (Lipinski definition) is 3. The molecule has 0 atom stereocenters. The van der Waals surface area contributed by atoms with Crippen molar-refractivity contribution in [2.75, 3.05) is 5.73 Å². The number of benzene rings is 1. The number of aryl methyl sites for hydroxylation is 2. The van der Waals surface area contributed by atoms with Crippen molar-refractivity contribution in [2.45, 2.75) is 12.8 Å². The van der Waals surface area contributed by atoms with Gasteiger partial charge in [0.2, 0.25) is 0 Å². The molecule has 0 amide bonds. The van der Waals surface area contributed by atoms with Crippen molar-refractivity contribution >= 4 is 28.9 Å². The maximum absolute atomic E-state index is 5.72. The van der Waals surface area contributed by atoms with Gasteiger partial charge < -0.3 is 5.73 Å². The summed E-state index contributed by atoms with van der Waals surface area (Å²) in [5.74, 6) is 0. The molecule has 3 rings (SSSR count). The number of nitrogens with two attached hydrogens (primary N) is 1. The van der Waals surface area contributed by atoms with Crippen LogP contribution in [0.1, 0.15) is 11.3 Å². The minimum absolute atomic E-state index is 0. The number of rotatable bonds is 0. The molecule has 0 radical (unpaired) electrons. The molecule has 1 aromatic heterocycles. The molecule has 0 unspecified atom stereocenters. The maximum atomic E-state index is 5.72. The van der Waals surface area contributed by atoms with E-state index < -0.39 is 0 Å². The second-order valence-corrected chi connectivity index (χ2v) is 4.52. The largest absolute Gasteiger partial charge is 0.375 e. The Kier molecular flexibility index (Phi) is 2.67. The molecule has 1 heterocycles. The van der Waals surface area contributed by atoms with Crippen LogP contribution in [-0.2, 0) is 12.8 Å². The van der Waals surface area contributed by atoms with Gasteiger partial charge in [-0.05, 0) is 24.0 Å². The Labute approximate surface area is 98.6 Å². The summed E-state index contributed by atoms with van der Waals surface area (Å²) in [5, 5.41) is 0.687. The third-order valence-electron chi connectivity index (χ3n) is 2.61. The summed E-state index contributed by atoms with van der Waals surface area (Å²) in [6, 6.07) is 8.51. The first kappa shape index (κ1) is 10.5. The summed E-state index contributed by atoms with van der Waals surface area (Å²) in [4.78, 5) is 5.61. The number of halogens is 1. The first-order valence-electron chi connectivity index (χ1n) is 4.68. The maximum Gasteiger partial charge on any atom is 0.180 e. The molecular weight excluding hydrogens is 228 g/mol. The summed E-state index contributed by atoms with van der Waals surface area (Å²) < 4.78 is 0. The summed E-state index contributed by atoms with van der Waals surface area (Å²) in [6.07, 6.45) is 2.12. The standard InChI is InChI=1S/C11H10N2S.ClH/c12-11-13-9-6-5-7-3-1-2-4-8(7)10(9)14-11;/h1-4H,5-6H2,(H2,12,13);1H. The van der Waals surface area contributed by atoms with Gasteiger partial charge in [0.25, 0.3) is 0 Å². The molecule has 0 spiro atoms. The topological polar surface area (TPSA) is 38.9 Å². The lowest BCUT2D eigenvalue weighted by Crippen LogP contribution is -2.01. The molecule has 4 heteroatoms. The van der Waals surface area contributed by atoms with Crippen LogP contribution < -0.4 is 5.73 Å². The summed E-state index contributed by atoms with van der Waals surface area (Å²) in [5.41, 5.74) is 9.64. The van der Waals surface area contributed by atoms with Crippen molar-refractivity contribution in [3.63, 3.8) is 0 Å². The zero-order valence-corrected chi connectivity index (χ0v) is 9.70. The van der Waals surface area contributed by atoms with Crippen LogP contribution in [0.4, 0.5) is 5.13 Å². The van der Waals surface area contributed by atoms with Crippen molar-refractivity contribution < 1.29 is 0 Å². The zero-order chi connectivity index (χ0) is 9.54. The van der Waals surface area contributed by atoms with Crippen LogP contribution >= 0.6 is 23.7 Å². The third-order valence-corrected chi connectivity index (χ3v) is 3.57. The molecule has 2 N–H and O–H groups in total. The molecule has 0 saturated carbocycles. The number of aromatic nitrogens is 1. The lowest BCUT2D eigenvalue weighted by Gasteiger charge is -2.13. The quantitative estimate of drug-likeness (QED) is 0.767. The van der Waals surface area contributed by atoms with Gasteiger partial charge in [0.1, 0.15) is 0 Å². The van der Waals surface area contributed by atoms with E-state index in [-0.39, 0.29) is 12.4 Å². The van der Waals surface area contributed by atoms with Gasteiger partial charge in [0, 0.05) is 0 Å². The van der Waals surface area contributed by atoms with E-state index in [4.69, 9.17) is 5.73 Å². The van der Waals surface area contributed by atoms with E-state index >= 15 is 0 Å². The fourth-order valence-electron chi connectivity index (χ4n) is 1.96. The molecule has 15 heavy (non-hydrogen) atoms. The first-order valence-corrected chi connectivity index (χ1v) is 5.50. The van der Waals surface area contributed by atoms with Crippen LogP contribution in [0.5, 0.6) is 0 Å². The normalized spacial score (nSPS) is 12.5. The van der Waals surface area contributed by atoms with Crippen LogP contribution in [0.15, 0.2) is 24.3 Å². The molecule has 0 saturated heterocycles. The second-order valence-electron chi connectivity index (χ2n) is 3.49.